The van der Waals surface area contributed by atoms with Crippen LogP contribution in [0.4, 0.5) is 5.00 Å². The SMILES string of the molecule is COc1ccc(C=Nc2sc3c(c2C#N)CC[C@@H](C(C)(C)C)C3)cc1O. The molecule has 0 fully saturated rings. The lowest BCUT2D eigenvalue weighted by atomic mass is 9.72. The number of ether oxygens (including phenoxy) is 1. The van der Waals surface area contributed by atoms with Crippen molar-refractivity contribution in [3.8, 4) is 17.6 Å². The number of benzene rings is 1. The van der Waals surface area contributed by atoms with E-state index >= 15 is 0 Å². The van der Waals surface area contributed by atoms with Crippen LogP contribution in [0, 0.1) is 22.7 Å². The normalized spacial score (nSPS) is 17.1. The van der Waals surface area contributed by atoms with Gasteiger partial charge in [-0.25, -0.2) is 4.99 Å². The number of fused-ring (bicyclic) bond motifs is 1. The Morgan fingerprint density at radius 2 is 2.15 bits per heavy atom. The quantitative estimate of drug-likeness (QED) is 0.754. The maximum absolute atomic E-state index is 9.89. The monoisotopic (exact) mass is 368 g/mol. The van der Waals surface area contributed by atoms with Crippen molar-refractivity contribution in [3.05, 3.63) is 39.8 Å². The van der Waals surface area contributed by atoms with Gasteiger partial charge in [-0.1, -0.05) is 20.8 Å². The first kappa shape index (κ1) is 18.5. The van der Waals surface area contributed by atoms with Gasteiger partial charge in [0.05, 0.1) is 12.7 Å². The van der Waals surface area contributed by atoms with Crippen molar-refractivity contribution < 1.29 is 9.84 Å². The van der Waals surface area contributed by atoms with Gasteiger partial charge >= 0.3 is 0 Å². The van der Waals surface area contributed by atoms with E-state index < -0.39 is 0 Å². The molecular formula is C21H24N2O2S. The zero-order valence-corrected chi connectivity index (χ0v) is 16.5. The fourth-order valence-corrected chi connectivity index (χ4v) is 4.66. The molecule has 26 heavy (non-hydrogen) atoms. The topological polar surface area (TPSA) is 65.6 Å². The van der Waals surface area contributed by atoms with Crippen LogP contribution in [-0.4, -0.2) is 18.4 Å². The molecular weight excluding hydrogens is 344 g/mol. The molecule has 0 saturated heterocycles. The second-order valence-electron chi connectivity index (χ2n) is 7.79. The standard InChI is InChI=1S/C21H24N2O2S/c1-21(2,3)14-6-7-15-16(11-22)20(26-19(15)10-14)23-12-13-5-8-18(25-4)17(24)9-13/h5,8-9,12,14,24H,6-7,10H2,1-4H3/t14-/m1/s1. The average Bonchev–Trinajstić information content (AvgIpc) is 2.96. The number of methoxy groups -OCH3 is 1. The van der Waals surface area contributed by atoms with Crippen molar-refractivity contribution in [1.82, 2.24) is 0 Å². The molecule has 1 aliphatic rings. The third-order valence-electron chi connectivity index (χ3n) is 5.12. The van der Waals surface area contributed by atoms with E-state index in [1.54, 1.807) is 29.7 Å². The number of aliphatic imine (C=N–C) groups is 1. The molecule has 0 radical (unpaired) electrons. The summed E-state index contributed by atoms with van der Waals surface area (Å²) in [5, 5.41) is 20.3. The van der Waals surface area contributed by atoms with Gasteiger partial charge in [-0.3, -0.25) is 0 Å². The van der Waals surface area contributed by atoms with Gasteiger partial charge < -0.3 is 9.84 Å². The first-order valence-electron chi connectivity index (χ1n) is 8.79. The van der Waals surface area contributed by atoms with Crippen LogP contribution in [0.2, 0.25) is 0 Å². The number of thiophene rings is 1. The van der Waals surface area contributed by atoms with E-state index in [0.717, 1.165) is 29.8 Å². The summed E-state index contributed by atoms with van der Waals surface area (Å²) >= 11 is 1.63. The minimum atomic E-state index is 0.0791. The van der Waals surface area contributed by atoms with Gasteiger partial charge in [0.25, 0.3) is 0 Å². The number of nitrogens with zero attached hydrogens (tertiary/aromatic N) is 2. The number of rotatable bonds is 3. The smallest absolute Gasteiger partial charge is 0.160 e. The second kappa shape index (κ2) is 7.13. The molecule has 3 rings (SSSR count). The molecule has 1 heterocycles. The highest BCUT2D eigenvalue weighted by Crippen LogP contribution is 2.44. The maximum Gasteiger partial charge on any atom is 0.160 e. The van der Waals surface area contributed by atoms with Gasteiger partial charge in [0.15, 0.2) is 11.5 Å². The third kappa shape index (κ3) is 3.61. The van der Waals surface area contributed by atoms with Gasteiger partial charge in [0.2, 0.25) is 0 Å². The lowest BCUT2D eigenvalue weighted by Gasteiger charge is -2.33. The molecule has 0 bridgehead atoms. The van der Waals surface area contributed by atoms with Crippen LogP contribution in [0.15, 0.2) is 23.2 Å². The van der Waals surface area contributed by atoms with Crippen LogP contribution in [0.25, 0.3) is 0 Å². The molecule has 5 heteroatoms. The van der Waals surface area contributed by atoms with Crippen molar-refractivity contribution in [2.45, 2.75) is 40.0 Å². The van der Waals surface area contributed by atoms with Gasteiger partial charge in [-0.15, -0.1) is 11.3 Å². The lowest BCUT2D eigenvalue weighted by molar-refractivity contribution is 0.218. The molecule has 1 aromatic heterocycles. The fraction of sp³-hybridized carbons (Fsp3) is 0.429. The minimum Gasteiger partial charge on any atom is -0.504 e. The molecule has 4 nitrogen and oxygen atoms in total. The van der Waals surface area contributed by atoms with Gasteiger partial charge in [0.1, 0.15) is 11.1 Å². The van der Waals surface area contributed by atoms with Crippen molar-refractivity contribution >= 4 is 22.6 Å². The molecule has 1 aliphatic carbocycles. The Labute approximate surface area is 158 Å². The molecule has 0 saturated carbocycles. The summed E-state index contributed by atoms with van der Waals surface area (Å²) < 4.78 is 5.06. The largest absolute Gasteiger partial charge is 0.504 e. The predicted octanol–water partition coefficient (Wildman–Crippen LogP) is 5.24. The van der Waals surface area contributed by atoms with E-state index in [0.29, 0.717) is 17.2 Å². The summed E-state index contributed by atoms with van der Waals surface area (Å²) in [6.07, 6.45) is 4.79. The van der Waals surface area contributed by atoms with E-state index in [9.17, 15) is 10.4 Å². The summed E-state index contributed by atoms with van der Waals surface area (Å²) in [5.74, 6) is 1.14. The predicted molar refractivity (Wildman–Crippen MR) is 106 cm³/mol. The van der Waals surface area contributed by atoms with Crippen LogP contribution in [0.1, 0.15) is 48.8 Å². The second-order valence-corrected chi connectivity index (χ2v) is 8.87. The molecule has 1 N–H and O–H groups in total. The molecule has 1 aromatic carbocycles. The summed E-state index contributed by atoms with van der Waals surface area (Å²) in [6.45, 7) is 6.87. The molecule has 0 aliphatic heterocycles. The van der Waals surface area contributed by atoms with Crippen LogP contribution in [0.5, 0.6) is 11.5 Å². The third-order valence-corrected chi connectivity index (χ3v) is 6.28. The fourth-order valence-electron chi connectivity index (χ4n) is 3.44. The minimum absolute atomic E-state index is 0.0791. The van der Waals surface area contributed by atoms with E-state index in [1.807, 2.05) is 6.07 Å². The Balaban J connectivity index is 1.89. The zero-order valence-electron chi connectivity index (χ0n) is 15.7. The van der Waals surface area contributed by atoms with Crippen LogP contribution >= 0.6 is 11.3 Å². The Hall–Kier alpha value is -2.32. The van der Waals surface area contributed by atoms with Crippen molar-refractivity contribution in [3.63, 3.8) is 0 Å². The Morgan fingerprint density at radius 1 is 1.38 bits per heavy atom. The molecule has 0 amide bonds. The highest BCUT2D eigenvalue weighted by molar-refractivity contribution is 7.16. The van der Waals surface area contributed by atoms with E-state index in [4.69, 9.17) is 4.74 Å². The summed E-state index contributed by atoms with van der Waals surface area (Å²) in [5.41, 5.74) is 2.94. The van der Waals surface area contributed by atoms with E-state index in [1.165, 1.54) is 17.6 Å². The zero-order chi connectivity index (χ0) is 18.9. The van der Waals surface area contributed by atoms with Crippen molar-refractivity contribution in [2.24, 2.45) is 16.3 Å². The lowest BCUT2D eigenvalue weighted by Crippen LogP contribution is -2.26. The van der Waals surface area contributed by atoms with E-state index in [2.05, 4.69) is 31.8 Å². The number of phenolic OH excluding ortho intramolecular Hbond substituents is 1. The van der Waals surface area contributed by atoms with Crippen molar-refractivity contribution in [2.75, 3.05) is 7.11 Å². The Bertz CT molecular complexity index is 885. The van der Waals surface area contributed by atoms with Gasteiger partial charge in [-0.05, 0) is 59.9 Å². The molecule has 2 aromatic rings. The van der Waals surface area contributed by atoms with Crippen molar-refractivity contribution in [1.29, 1.82) is 5.26 Å². The Morgan fingerprint density at radius 3 is 2.77 bits per heavy atom. The first-order valence-corrected chi connectivity index (χ1v) is 9.61. The molecule has 136 valence electrons. The summed E-state index contributed by atoms with van der Waals surface area (Å²) in [4.78, 5) is 5.86. The Kier molecular flexibility index (Phi) is 5.06. The number of nitriles is 1. The van der Waals surface area contributed by atoms with Crippen LogP contribution < -0.4 is 4.74 Å². The van der Waals surface area contributed by atoms with Gasteiger partial charge in [-0.2, -0.15) is 5.26 Å². The summed E-state index contributed by atoms with van der Waals surface area (Å²) in [7, 11) is 1.52. The molecule has 0 spiro atoms. The maximum atomic E-state index is 9.89. The van der Waals surface area contributed by atoms with E-state index in [-0.39, 0.29) is 11.2 Å². The average molecular weight is 369 g/mol. The first-order chi connectivity index (χ1) is 12.3. The number of aromatic hydroxyl groups is 1. The van der Waals surface area contributed by atoms with Crippen LogP contribution in [-0.2, 0) is 12.8 Å². The highest BCUT2D eigenvalue weighted by Gasteiger charge is 2.32. The number of phenols is 1. The summed E-state index contributed by atoms with van der Waals surface area (Å²) in [6, 6.07) is 7.49. The molecule has 0 unspecified atom stereocenters. The van der Waals surface area contributed by atoms with Gasteiger partial charge in [0, 0.05) is 11.1 Å². The van der Waals surface area contributed by atoms with Crippen LogP contribution in [0.3, 0.4) is 0 Å². The number of hydrogen-bond acceptors (Lipinski definition) is 5. The molecule has 1 atom stereocenters. The number of hydrogen-bond donors (Lipinski definition) is 1. The highest BCUT2D eigenvalue weighted by atomic mass is 32.1.